The summed E-state index contributed by atoms with van der Waals surface area (Å²) in [7, 11) is 0. The number of oxazole rings is 1. The molecule has 0 aliphatic heterocycles. The maximum atomic E-state index is 9.07. The molecule has 2 heterocycles. The van der Waals surface area contributed by atoms with E-state index in [1.165, 1.54) is 5.56 Å². The molecule has 2 aromatic heterocycles. The molecule has 1 aliphatic rings. The fraction of sp³-hybridized carbons (Fsp3) is 0.211. The molecule has 3 aromatic rings. The summed E-state index contributed by atoms with van der Waals surface area (Å²) in [6, 6.07) is 13.9. The van der Waals surface area contributed by atoms with Crippen molar-refractivity contribution in [3.63, 3.8) is 0 Å². The minimum absolute atomic E-state index is 0.395. The Labute approximate surface area is 134 Å². The van der Waals surface area contributed by atoms with Crippen molar-refractivity contribution >= 4 is 0 Å². The number of benzene rings is 1. The first-order valence-corrected chi connectivity index (χ1v) is 7.72. The molecule has 0 fully saturated rings. The van der Waals surface area contributed by atoms with Gasteiger partial charge in [-0.1, -0.05) is 12.1 Å². The lowest BCUT2D eigenvalue weighted by Gasteiger charge is -2.20. The largest absolute Gasteiger partial charge is 0.441 e. The number of hydrogen-bond acceptors (Lipinski definition) is 4. The first-order chi connectivity index (χ1) is 11.3. The minimum Gasteiger partial charge on any atom is -0.441 e. The molecule has 4 rings (SSSR count). The quantitative estimate of drug-likeness (QED) is 0.720. The van der Waals surface area contributed by atoms with Gasteiger partial charge in [-0.2, -0.15) is 5.26 Å². The number of rotatable bonds is 2. The van der Waals surface area contributed by atoms with Gasteiger partial charge in [-0.25, -0.2) is 4.98 Å². The van der Waals surface area contributed by atoms with Crippen molar-refractivity contribution in [2.45, 2.75) is 25.2 Å². The Balaban J connectivity index is 1.62. The standard InChI is InChI=1S/C19H15N3O/c20-12-13-2-1-3-15(10-13)16-4-5-18-17(11-16)22-19(23-18)14-6-8-21-9-7-14/h1-3,6-10,16H,4-5,11H2. The number of nitriles is 1. The molecule has 0 N–H and O–H groups in total. The predicted octanol–water partition coefficient (Wildman–Crippen LogP) is 3.88. The summed E-state index contributed by atoms with van der Waals surface area (Å²) in [6.07, 6.45) is 6.25. The highest BCUT2D eigenvalue weighted by molar-refractivity contribution is 5.52. The normalized spacial score (nSPS) is 16.6. The highest BCUT2D eigenvalue weighted by atomic mass is 16.4. The van der Waals surface area contributed by atoms with Crippen molar-refractivity contribution in [3.05, 3.63) is 71.4 Å². The van der Waals surface area contributed by atoms with Crippen LogP contribution in [-0.4, -0.2) is 9.97 Å². The van der Waals surface area contributed by atoms with Gasteiger partial charge in [0.05, 0.1) is 17.3 Å². The molecule has 0 saturated carbocycles. The number of fused-ring (bicyclic) bond motifs is 1. The molecule has 4 heteroatoms. The van der Waals surface area contributed by atoms with Crippen LogP contribution in [0, 0.1) is 11.3 Å². The second-order valence-electron chi connectivity index (χ2n) is 5.80. The lowest BCUT2D eigenvalue weighted by atomic mass is 9.84. The summed E-state index contributed by atoms with van der Waals surface area (Å²) in [5.41, 5.74) is 3.92. The zero-order chi connectivity index (χ0) is 15.6. The fourth-order valence-electron chi connectivity index (χ4n) is 3.14. The predicted molar refractivity (Wildman–Crippen MR) is 85.7 cm³/mol. The summed E-state index contributed by atoms with van der Waals surface area (Å²) < 4.78 is 5.93. The van der Waals surface area contributed by atoms with Crippen LogP contribution in [0.25, 0.3) is 11.5 Å². The Morgan fingerprint density at radius 2 is 2.04 bits per heavy atom. The molecule has 0 saturated heterocycles. The van der Waals surface area contributed by atoms with Crippen molar-refractivity contribution in [2.24, 2.45) is 0 Å². The van der Waals surface area contributed by atoms with Crippen LogP contribution in [-0.2, 0) is 12.8 Å². The highest BCUT2D eigenvalue weighted by Gasteiger charge is 2.25. The van der Waals surface area contributed by atoms with Gasteiger partial charge in [0.1, 0.15) is 5.76 Å². The van der Waals surface area contributed by atoms with Gasteiger partial charge in [-0.15, -0.1) is 0 Å². The van der Waals surface area contributed by atoms with Gasteiger partial charge in [0.25, 0.3) is 0 Å². The highest BCUT2D eigenvalue weighted by Crippen LogP contribution is 2.34. The summed E-state index contributed by atoms with van der Waals surface area (Å²) in [6.45, 7) is 0. The van der Waals surface area contributed by atoms with E-state index in [-0.39, 0.29) is 0 Å². The molecule has 112 valence electrons. The van der Waals surface area contributed by atoms with E-state index in [0.29, 0.717) is 17.4 Å². The molecule has 0 amide bonds. The average Bonchev–Trinajstić information content (AvgIpc) is 3.06. The summed E-state index contributed by atoms with van der Waals surface area (Å²) in [5, 5.41) is 9.07. The zero-order valence-electron chi connectivity index (χ0n) is 12.6. The smallest absolute Gasteiger partial charge is 0.226 e. The van der Waals surface area contributed by atoms with E-state index in [1.807, 2.05) is 30.3 Å². The molecule has 0 bridgehead atoms. The van der Waals surface area contributed by atoms with Crippen molar-refractivity contribution < 1.29 is 4.42 Å². The molecule has 4 nitrogen and oxygen atoms in total. The lowest BCUT2D eigenvalue weighted by Crippen LogP contribution is -2.12. The summed E-state index contributed by atoms with van der Waals surface area (Å²) >= 11 is 0. The Morgan fingerprint density at radius 3 is 2.87 bits per heavy atom. The van der Waals surface area contributed by atoms with Gasteiger partial charge < -0.3 is 4.42 Å². The third-order valence-electron chi connectivity index (χ3n) is 4.35. The topological polar surface area (TPSA) is 62.7 Å². The van der Waals surface area contributed by atoms with Crippen LogP contribution in [0.4, 0.5) is 0 Å². The van der Waals surface area contributed by atoms with E-state index in [4.69, 9.17) is 9.68 Å². The molecule has 1 unspecified atom stereocenters. The van der Waals surface area contributed by atoms with Crippen molar-refractivity contribution in [1.29, 1.82) is 5.26 Å². The molecular weight excluding hydrogens is 286 g/mol. The SMILES string of the molecule is N#Cc1cccc(C2CCc3oc(-c4ccncc4)nc3C2)c1. The van der Waals surface area contributed by atoms with Crippen LogP contribution >= 0.6 is 0 Å². The van der Waals surface area contributed by atoms with Gasteiger partial charge >= 0.3 is 0 Å². The molecule has 0 spiro atoms. The Kier molecular flexibility index (Phi) is 3.39. The first-order valence-electron chi connectivity index (χ1n) is 7.72. The Morgan fingerprint density at radius 1 is 1.17 bits per heavy atom. The van der Waals surface area contributed by atoms with Crippen LogP contribution < -0.4 is 0 Å². The van der Waals surface area contributed by atoms with Gasteiger partial charge in [-0.3, -0.25) is 4.98 Å². The number of nitrogens with zero attached hydrogens (tertiary/aromatic N) is 3. The third kappa shape index (κ3) is 2.62. The first kappa shape index (κ1) is 13.7. The van der Waals surface area contributed by atoms with E-state index < -0.39 is 0 Å². The van der Waals surface area contributed by atoms with Gasteiger partial charge in [0.2, 0.25) is 5.89 Å². The number of aromatic nitrogens is 2. The van der Waals surface area contributed by atoms with Crippen LogP contribution in [0.15, 0.2) is 53.2 Å². The molecule has 1 aliphatic carbocycles. The molecule has 1 aromatic carbocycles. The van der Waals surface area contributed by atoms with E-state index in [1.54, 1.807) is 12.4 Å². The molecule has 0 radical (unpaired) electrons. The monoisotopic (exact) mass is 301 g/mol. The van der Waals surface area contributed by atoms with E-state index in [2.05, 4.69) is 22.1 Å². The van der Waals surface area contributed by atoms with Crippen LogP contribution in [0.5, 0.6) is 0 Å². The van der Waals surface area contributed by atoms with Gasteiger partial charge in [-0.05, 0) is 42.2 Å². The Hall–Kier alpha value is -2.93. The van der Waals surface area contributed by atoms with Crippen LogP contribution in [0.2, 0.25) is 0 Å². The average molecular weight is 301 g/mol. The second kappa shape index (κ2) is 5.69. The van der Waals surface area contributed by atoms with Crippen molar-refractivity contribution in [2.75, 3.05) is 0 Å². The van der Waals surface area contributed by atoms with Gasteiger partial charge in [0, 0.05) is 30.8 Å². The molecule has 23 heavy (non-hydrogen) atoms. The maximum Gasteiger partial charge on any atom is 0.226 e. The summed E-state index contributed by atoms with van der Waals surface area (Å²) in [4.78, 5) is 8.70. The second-order valence-corrected chi connectivity index (χ2v) is 5.80. The number of hydrogen-bond donors (Lipinski definition) is 0. The third-order valence-corrected chi connectivity index (χ3v) is 4.35. The van der Waals surface area contributed by atoms with Crippen LogP contribution in [0.1, 0.15) is 34.9 Å². The number of pyridine rings is 1. The molecule has 1 atom stereocenters. The van der Waals surface area contributed by atoms with Crippen LogP contribution in [0.3, 0.4) is 0 Å². The number of aryl methyl sites for hydroxylation is 1. The lowest BCUT2D eigenvalue weighted by molar-refractivity contribution is 0.465. The molecular formula is C19H15N3O. The van der Waals surface area contributed by atoms with Crippen molar-refractivity contribution in [3.8, 4) is 17.5 Å². The van der Waals surface area contributed by atoms with Crippen molar-refractivity contribution in [1.82, 2.24) is 9.97 Å². The zero-order valence-corrected chi connectivity index (χ0v) is 12.6. The van der Waals surface area contributed by atoms with E-state index in [0.717, 1.165) is 36.3 Å². The maximum absolute atomic E-state index is 9.07. The fourth-order valence-corrected chi connectivity index (χ4v) is 3.14. The van der Waals surface area contributed by atoms with Gasteiger partial charge in [0.15, 0.2) is 0 Å². The Bertz CT molecular complexity index is 877. The minimum atomic E-state index is 0.395. The van der Waals surface area contributed by atoms with E-state index in [9.17, 15) is 0 Å². The summed E-state index contributed by atoms with van der Waals surface area (Å²) in [5.74, 6) is 2.06. The van der Waals surface area contributed by atoms with E-state index >= 15 is 0 Å².